The Hall–Kier alpha value is -3.98. The molecule has 2 saturated heterocycles. The molecule has 0 saturated carbocycles. The lowest BCUT2D eigenvalue weighted by Crippen LogP contribution is -2.51. The van der Waals surface area contributed by atoms with Crippen molar-refractivity contribution in [3.63, 3.8) is 0 Å². The Kier molecular flexibility index (Phi) is 7.27. The molecule has 0 aromatic carbocycles. The summed E-state index contributed by atoms with van der Waals surface area (Å²) in [5.74, 6) is -0.931. The number of nitrogens with zero attached hydrogens (tertiary/aromatic N) is 6. The molecule has 0 radical (unpaired) electrons. The van der Waals surface area contributed by atoms with Crippen LogP contribution in [0.5, 0.6) is 0 Å². The number of halogens is 3. The van der Waals surface area contributed by atoms with Crippen LogP contribution in [0.4, 0.5) is 30.5 Å². The molecule has 1 unspecified atom stereocenters. The quantitative estimate of drug-likeness (QED) is 0.439. The first-order chi connectivity index (χ1) is 18.7. The SMILES string of the molecule is Nc1ncc(C2(C(F)(F)F)C=CNC(N3CCOCC3)=N2)nc1C(=O)Nc1ncccc1N1CCC(N)CC1. The zero-order valence-corrected chi connectivity index (χ0v) is 21.0. The molecule has 2 fully saturated rings. The van der Waals surface area contributed by atoms with E-state index >= 15 is 0 Å². The van der Waals surface area contributed by atoms with Crippen molar-refractivity contribution in [3.8, 4) is 0 Å². The van der Waals surface area contributed by atoms with E-state index in [-0.39, 0.29) is 23.6 Å². The number of piperidine rings is 1. The number of ether oxygens (including phenoxy) is 1. The zero-order valence-electron chi connectivity index (χ0n) is 21.0. The van der Waals surface area contributed by atoms with Gasteiger partial charge in [0.1, 0.15) is 5.69 Å². The molecule has 5 heterocycles. The second kappa shape index (κ2) is 10.6. The van der Waals surface area contributed by atoms with Crippen molar-refractivity contribution >= 4 is 29.2 Å². The molecule has 0 bridgehead atoms. The molecule has 3 aliphatic heterocycles. The Labute approximate surface area is 222 Å². The lowest BCUT2D eigenvalue weighted by Gasteiger charge is -2.36. The maximum Gasteiger partial charge on any atom is 0.423 e. The first-order valence-electron chi connectivity index (χ1n) is 12.5. The number of nitrogens with two attached hydrogens (primary N) is 2. The van der Waals surface area contributed by atoms with E-state index in [0.717, 1.165) is 31.3 Å². The van der Waals surface area contributed by atoms with Gasteiger partial charge in [0.15, 0.2) is 23.3 Å². The van der Waals surface area contributed by atoms with Gasteiger partial charge in [-0.15, -0.1) is 0 Å². The summed E-state index contributed by atoms with van der Waals surface area (Å²) in [6.45, 7) is 2.79. The third-order valence-electron chi connectivity index (χ3n) is 6.87. The standard InChI is InChI=1S/C24H29F3N10O2/c25-24(26,27)23(5-7-31-22(35-23)37-10-12-39-13-11-37)17-14-32-19(29)18(33-17)21(38)34-20-16(2-1-6-30-20)36-8-3-15(28)4-9-36/h1-2,5-7,14-15H,3-4,8-13,28H2,(H2,29,32)(H,31,35)(H,30,34,38). The van der Waals surface area contributed by atoms with Crippen molar-refractivity contribution in [2.24, 2.45) is 10.7 Å². The van der Waals surface area contributed by atoms with Crippen LogP contribution in [0.3, 0.4) is 0 Å². The Morgan fingerprint density at radius 2 is 1.90 bits per heavy atom. The molecule has 5 rings (SSSR count). The number of nitrogen functional groups attached to an aromatic ring is 1. The number of guanidine groups is 1. The minimum absolute atomic E-state index is 0.0159. The van der Waals surface area contributed by atoms with E-state index < -0.39 is 29.0 Å². The van der Waals surface area contributed by atoms with E-state index in [1.165, 1.54) is 6.20 Å². The van der Waals surface area contributed by atoms with Crippen LogP contribution in [-0.2, 0) is 10.3 Å². The van der Waals surface area contributed by atoms with Gasteiger partial charge in [0.2, 0.25) is 5.54 Å². The molecular weight excluding hydrogens is 517 g/mol. The number of pyridine rings is 1. The number of carbonyl (C=O) groups is 1. The summed E-state index contributed by atoms with van der Waals surface area (Å²) in [6, 6.07) is 3.63. The first kappa shape index (κ1) is 26.6. The number of anilines is 3. The molecule has 2 aromatic heterocycles. The van der Waals surface area contributed by atoms with Crippen LogP contribution in [0.2, 0.25) is 0 Å². The molecule has 12 nitrogen and oxygen atoms in total. The van der Waals surface area contributed by atoms with E-state index in [1.807, 2.05) is 4.90 Å². The normalized spacial score (nSPS) is 22.3. The molecule has 3 aliphatic rings. The minimum atomic E-state index is -4.90. The Morgan fingerprint density at radius 1 is 1.15 bits per heavy atom. The number of hydrogen-bond acceptors (Lipinski definition) is 11. The van der Waals surface area contributed by atoms with Gasteiger partial charge in [0.25, 0.3) is 5.91 Å². The summed E-state index contributed by atoms with van der Waals surface area (Å²) in [4.78, 5) is 33.2. The van der Waals surface area contributed by atoms with Gasteiger partial charge in [-0.1, -0.05) is 0 Å². The molecule has 0 aliphatic carbocycles. The number of morpholine rings is 1. The summed E-state index contributed by atoms with van der Waals surface area (Å²) >= 11 is 0. The molecular formula is C24H29F3N10O2. The van der Waals surface area contributed by atoms with Crippen LogP contribution < -0.4 is 27.0 Å². The third kappa shape index (κ3) is 5.31. The van der Waals surface area contributed by atoms with Crippen LogP contribution in [0.15, 0.2) is 41.8 Å². The number of aromatic nitrogens is 3. The predicted octanol–water partition coefficient (Wildman–Crippen LogP) is 1.20. The van der Waals surface area contributed by atoms with Gasteiger partial charge in [-0.3, -0.25) is 4.79 Å². The summed E-state index contributed by atoms with van der Waals surface area (Å²) in [6.07, 6.45) is 1.05. The molecule has 6 N–H and O–H groups in total. The van der Waals surface area contributed by atoms with Crippen molar-refractivity contribution in [2.45, 2.75) is 30.6 Å². The fourth-order valence-corrected chi connectivity index (χ4v) is 4.66. The first-order valence-corrected chi connectivity index (χ1v) is 12.5. The number of rotatable bonds is 4. The van der Waals surface area contributed by atoms with Gasteiger partial charge in [0, 0.05) is 44.6 Å². The molecule has 208 valence electrons. The molecule has 39 heavy (non-hydrogen) atoms. The number of amides is 1. The second-order valence-corrected chi connectivity index (χ2v) is 9.42. The van der Waals surface area contributed by atoms with Gasteiger partial charge in [-0.05, 0) is 31.1 Å². The largest absolute Gasteiger partial charge is 0.423 e. The van der Waals surface area contributed by atoms with Crippen LogP contribution in [0.25, 0.3) is 0 Å². The van der Waals surface area contributed by atoms with Crippen LogP contribution in [-0.4, -0.2) is 83.3 Å². The molecule has 15 heteroatoms. The van der Waals surface area contributed by atoms with Crippen molar-refractivity contribution < 1.29 is 22.7 Å². The molecule has 0 spiro atoms. The summed E-state index contributed by atoms with van der Waals surface area (Å²) in [5.41, 5.74) is 8.64. The lowest BCUT2D eigenvalue weighted by molar-refractivity contribution is -0.175. The number of nitrogens with one attached hydrogen (secondary N) is 2. The van der Waals surface area contributed by atoms with Crippen LogP contribution >= 0.6 is 0 Å². The average Bonchev–Trinajstić information content (AvgIpc) is 2.94. The number of aliphatic imine (C=N–C) groups is 1. The molecule has 1 atom stereocenters. The number of hydrogen-bond donors (Lipinski definition) is 4. The summed E-state index contributed by atoms with van der Waals surface area (Å²) in [5, 5.41) is 5.42. The van der Waals surface area contributed by atoms with Gasteiger partial charge in [-0.2, -0.15) is 13.2 Å². The molecule has 2 aromatic rings. The lowest BCUT2D eigenvalue weighted by atomic mass is 9.94. The topological polar surface area (TPSA) is 160 Å². The second-order valence-electron chi connectivity index (χ2n) is 9.42. The Bertz CT molecular complexity index is 1270. The van der Waals surface area contributed by atoms with Gasteiger partial charge in [0.05, 0.1) is 25.1 Å². The van der Waals surface area contributed by atoms with Crippen molar-refractivity contribution in [2.75, 3.05) is 55.3 Å². The van der Waals surface area contributed by atoms with Crippen molar-refractivity contribution in [1.82, 2.24) is 25.2 Å². The average molecular weight is 547 g/mol. The number of carbonyl (C=O) groups excluding carboxylic acids is 1. The van der Waals surface area contributed by atoms with Gasteiger partial charge in [-0.25, -0.2) is 19.9 Å². The highest BCUT2D eigenvalue weighted by molar-refractivity contribution is 6.06. The van der Waals surface area contributed by atoms with Gasteiger partial charge < -0.3 is 36.6 Å². The van der Waals surface area contributed by atoms with Crippen molar-refractivity contribution in [3.05, 3.63) is 48.2 Å². The van der Waals surface area contributed by atoms with E-state index in [4.69, 9.17) is 16.2 Å². The Morgan fingerprint density at radius 3 is 2.62 bits per heavy atom. The van der Waals surface area contributed by atoms with Crippen molar-refractivity contribution in [1.29, 1.82) is 0 Å². The van der Waals surface area contributed by atoms with E-state index in [9.17, 15) is 18.0 Å². The zero-order chi connectivity index (χ0) is 27.6. The smallest absolute Gasteiger partial charge is 0.382 e. The Balaban J connectivity index is 1.47. The predicted molar refractivity (Wildman–Crippen MR) is 138 cm³/mol. The maximum absolute atomic E-state index is 14.6. The fraction of sp³-hybridized carbons (Fsp3) is 0.458. The van der Waals surface area contributed by atoms with Crippen LogP contribution in [0, 0.1) is 0 Å². The van der Waals surface area contributed by atoms with E-state index in [2.05, 4.69) is 30.6 Å². The van der Waals surface area contributed by atoms with E-state index in [1.54, 1.807) is 17.0 Å². The minimum Gasteiger partial charge on any atom is -0.382 e. The highest BCUT2D eigenvalue weighted by Gasteiger charge is 2.58. The monoisotopic (exact) mass is 546 g/mol. The summed E-state index contributed by atoms with van der Waals surface area (Å²) < 4.78 is 49.2. The third-order valence-corrected chi connectivity index (χ3v) is 6.87. The maximum atomic E-state index is 14.6. The molecule has 1 amide bonds. The van der Waals surface area contributed by atoms with Crippen LogP contribution in [0.1, 0.15) is 29.0 Å². The van der Waals surface area contributed by atoms with E-state index in [0.29, 0.717) is 45.1 Å². The highest BCUT2D eigenvalue weighted by atomic mass is 19.4. The van der Waals surface area contributed by atoms with Gasteiger partial charge >= 0.3 is 6.18 Å². The number of alkyl halides is 3. The fourth-order valence-electron chi connectivity index (χ4n) is 4.66. The summed E-state index contributed by atoms with van der Waals surface area (Å²) in [7, 11) is 0. The highest BCUT2D eigenvalue weighted by Crippen LogP contribution is 2.44.